The van der Waals surface area contributed by atoms with Crippen LogP contribution in [0.4, 0.5) is 0 Å². The Morgan fingerprint density at radius 1 is 1.10 bits per heavy atom. The average molecular weight is 278 g/mol. The second kappa shape index (κ2) is 4.41. The Morgan fingerprint density at radius 3 is 2.81 bits per heavy atom. The molecular formula is C14H10N6O. The standard InChI is InChI=1S/C14H10N6O/c21-14-8(7-11(19-20-14)13-15-5-6-16-13)12-17-9-3-1-2-4-10(9)18-12/h1-7H,(H,15,16)(H,17,18)(H,20,21). The van der Waals surface area contributed by atoms with Gasteiger partial charge in [-0.1, -0.05) is 12.1 Å². The number of para-hydroxylation sites is 2. The van der Waals surface area contributed by atoms with Gasteiger partial charge in [0.2, 0.25) is 0 Å². The third kappa shape index (κ3) is 1.91. The summed E-state index contributed by atoms with van der Waals surface area (Å²) in [6.07, 6.45) is 3.33. The van der Waals surface area contributed by atoms with Crippen molar-refractivity contribution in [2.24, 2.45) is 0 Å². The molecule has 0 saturated carbocycles. The lowest BCUT2D eigenvalue weighted by Gasteiger charge is -1.98. The summed E-state index contributed by atoms with van der Waals surface area (Å²) in [6.45, 7) is 0. The molecule has 0 fully saturated rings. The van der Waals surface area contributed by atoms with E-state index in [0.29, 0.717) is 22.9 Å². The van der Waals surface area contributed by atoms with Crippen LogP contribution in [0.1, 0.15) is 0 Å². The van der Waals surface area contributed by atoms with Crippen molar-refractivity contribution in [2.75, 3.05) is 0 Å². The van der Waals surface area contributed by atoms with E-state index in [1.807, 2.05) is 24.3 Å². The molecular weight excluding hydrogens is 268 g/mol. The Bertz CT molecular complexity index is 933. The molecule has 7 heteroatoms. The van der Waals surface area contributed by atoms with Crippen molar-refractivity contribution in [1.82, 2.24) is 30.1 Å². The van der Waals surface area contributed by atoms with E-state index in [-0.39, 0.29) is 5.56 Å². The van der Waals surface area contributed by atoms with Crippen LogP contribution in [0.25, 0.3) is 33.9 Å². The van der Waals surface area contributed by atoms with Gasteiger partial charge in [0.1, 0.15) is 11.5 Å². The zero-order valence-electron chi connectivity index (χ0n) is 10.8. The molecule has 3 heterocycles. The highest BCUT2D eigenvalue weighted by atomic mass is 16.1. The summed E-state index contributed by atoms with van der Waals surface area (Å²) in [5.74, 6) is 1.09. The number of rotatable bonds is 2. The van der Waals surface area contributed by atoms with Gasteiger partial charge in [0, 0.05) is 12.4 Å². The summed E-state index contributed by atoms with van der Waals surface area (Å²) >= 11 is 0. The minimum atomic E-state index is -0.302. The van der Waals surface area contributed by atoms with E-state index >= 15 is 0 Å². The quantitative estimate of drug-likeness (QED) is 0.519. The molecule has 0 spiro atoms. The Morgan fingerprint density at radius 2 is 2.00 bits per heavy atom. The van der Waals surface area contributed by atoms with Gasteiger partial charge in [0.25, 0.3) is 5.56 Å². The summed E-state index contributed by atoms with van der Waals surface area (Å²) < 4.78 is 0. The topological polar surface area (TPSA) is 103 Å². The molecule has 7 nitrogen and oxygen atoms in total. The number of aromatic amines is 3. The van der Waals surface area contributed by atoms with Crippen LogP contribution in [-0.2, 0) is 0 Å². The molecule has 0 aliphatic rings. The number of hydrogen-bond acceptors (Lipinski definition) is 4. The predicted octanol–water partition coefficient (Wildman–Crippen LogP) is 1.70. The first-order valence-electron chi connectivity index (χ1n) is 6.36. The smallest absolute Gasteiger partial charge is 0.275 e. The van der Waals surface area contributed by atoms with Crippen LogP contribution in [0.5, 0.6) is 0 Å². The number of fused-ring (bicyclic) bond motifs is 1. The van der Waals surface area contributed by atoms with Gasteiger partial charge in [-0.15, -0.1) is 0 Å². The molecule has 3 N–H and O–H groups in total. The third-order valence-electron chi connectivity index (χ3n) is 3.19. The molecule has 0 aliphatic carbocycles. The number of aromatic nitrogens is 6. The van der Waals surface area contributed by atoms with Gasteiger partial charge < -0.3 is 9.97 Å². The third-order valence-corrected chi connectivity index (χ3v) is 3.19. The number of nitrogens with one attached hydrogen (secondary N) is 3. The maximum Gasteiger partial charge on any atom is 0.275 e. The Hall–Kier alpha value is -3.22. The van der Waals surface area contributed by atoms with Crippen LogP contribution in [0, 0.1) is 0 Å². The summed E-state index contributed by atoms with van der Waals surface area (Å²) in [7, 11) is 0. The Labute approximate surface area is 118 Å². The highest BCUT2D eigenvalue weighted by Crippen LogP contribution is 2.19. The van der Waals surface area contributed by atoms with Gasteiger partial charge in [0.05, 0.1) is 16.6 Å². The first-order chi connectivity index (χ1) is 10.3. The van der Waals surface area contributed by atoms with Gasteiger partial charge >= 0.3 is 0 Å². The van der Waals surface area contributed by atoms with Gasteiger partial charge in [-0.05, 0) is 18.2 Å². The predicted molar refractivity (Wildman–Crippen MR) is 77.5 cm³/mol. The highest BCUT2D eigenvalue weighted by molar-refractivity contribution is 5.79. The van der Waals surface area contributed by atoms with Crippen molar-refractivity contribution >= 4 is 11.0 Å². The normalized spacial score (nSPS) is 11.0. The first-order valence-corrected chi connectivity index (χ1v) is 6.36. The van der Waals surface area contributed by atoms with Crippen molar-refractivity contribution in [3.05, 3.63) is 53.1 Å². The summed E-state index contributed by atoms with van der Waals surface area (Å²) in [4.78, 5) is 26.7. The van der Waals surface area contributed by atoms with E-state index in [1.165, 1.54) is 0 Å². The second-order valence-corrected chi connectivity index (χ2v) is 4.54. The van der Waals surface area contributed by atoms with Crippen LogP contribution in [0.2, 0.25) is 0 Å². The van der Waals surface area contributed by atoms with Crippen LogP contribution >= 0.6 is 0 Å². The van der Waals surface area contributed by atoms with Crippen LogP contribution in [0.3, 0.4) is 0 Å². The number of imidazole rings is 2. The molecule has 0 unspecified atom stereocenters. The number of hydrogen-bond donors (Lipinski definition) is 3. The lowest BCUT2D eigenvalue weighted by atomic mass is 10.2. The SMILES string of the molecule is O=c1[nH]nc(-c2ncc[nH]2)cc1-c1nc2ccccc2[nH]1. The van der Waals surface area contributed by atoms with Gasteiger partial charge in [0.15, 0.2) is 5.82 Å². The fourth-order valence-corrected chi connectivity index (χ4v) is 2.19. The molecule has 21 heavy (non-hydrogen) atoms. The van der Waals surface area contributed by atoms with Gasteiger partial charge in [-0.25, -0.2) is 15.1 Å². The molecule has 0 aliphatic heterocycles. The molecule has 1 aromatic carbocycles. The molecule has 102 valence electrons. The summed E-state index contributed by atoms with van der Waals surface area (Å²) in [5.41, 5.74) is 2.36. The fraction of sp³-hybridized carbons (Fsp3) is 0. The Balaban J connectivity index is 1.91. The van der Waals surface area contributed by atoms with Crippen molar-refractivity contribution in [3.8, 4) is 22.9 Å². The lowest BCUT2D eigenvalue weighted by Crippen LogP contribution is -2.12. The number of benzene rings is 1. The molecule has 3 aromatic heterocycles. The van der Waals surface area contributed by atoms with E-state index < -0.39 is 0 Å². The highest BCUT2D eigenvalue weighted by Gasteiger charge is 2.12. The summed E-state index contributed by atoms with van der Waals surface area (Å²) in [5, 5.41) is 6.46. The molecule has 0 saturated heterocycles. The first kappa shape index (κ1) is 11.6. The Kier molecular flexibility index (Phi) is 2.43. The van der Waals surface area contributed by atoms with Crippen molar-refractivity contribution in [3.63, 3.8) is 0 Å². The zero-order chi connectivity index (χ0) is 14.2. The van der Waals surface area contributed by atoms with Crippen LogP contribution < -0.4 is 5.56 Å². The average Bonchev–Trinajstić information content (AvgIpc) is 3.17. The minimum Gasteiger partial charge on any atom is -0.343 e. The van der Waals surface area contributed by atoms with E-state index in [2.05, 4.69) is 30.1 Å². The maximum atomic E-state index is 12.0. The molecule has 0 bridgehead atoms. The van der Waals surface area contributed by atoms with Crippen LogP contribution in [-0.4, -0.2) is 30.1 Å². The van der Waals surface area contributed by atoms with Crippen molar-refractivity contribution in [2.45, 2.75) is 0 Å². The van der Waals surface area contributed by atoms with Crippen molar-refractivity contribution < 1.29 is 0 Å². The molecule has 4 aromatic rings. The number of nitrogens with zero attached hydrogens (tertiary/aromatic N) is 3. The van der Waals surface area contributed by atoms with E-state index in [4.69, 9.17) is 0 Å². The fourth-order valence-electron chi connectivity index (χ4n) is 2.19. The number of H-pyrrole nitrogens is 3. The molecule has 0 atom stereocenters. The van der Waals surface area contributed by atoms with Crippen LogP contribution in [0.15, 0.2) is 47.5 Å². The molecule has 0 amide bonds. The zero-order valence-corrected chi connectivity index (χ0v) is 10.8. The van der Waals surface area contributed by atoms with Crippen molar-refractivity contribution in [1.29, 1.82) is 0 Å². The van der Waals surface area contributed by atoms with E-state index in [0.717, 1.165) is 11.0 Å². The van der Waals surface area contributed by atoms with Gasteiger partial charge in [-0.2, -0.15) is 5.10 Å². The summed E-state index contributed by atoms with van der Waals surface area (Å²) in [6, 6.07) is 9.27. The van der Waals surface area contributed by atoms with E-state index in [1.54, 1.807) is 18.5 Å². The maximum absolute atomic E-state index is 12.0. The monoisotopic (exact) mass is 278 g/mol. The largest absolute Gasteiger partial charge is 0.343 e. The molecule has 4 rings (SSSR count). The van der Waals surface area contributed by atoms with E-state index in [9.17, 15) is 4.79 Å². The van der Waals surface area contributed by atoms with Gasteiger partial charge in [-0.3, -0.25) is 4.79 Å². The minimum absolute atomic E-state index is 0.302. The second-order valence-electron chi connectivity index (χ2n) is 4.54. The molecule has 0 radical (unpaired) electrons. The lowest BCUT2D eigenvalue weighted by molar-refractivity contribution is 0.982.